The highest BCUT2D eigenvalue weighted by Crippen LogP contribution is 2.25. The van der Waals surface area contributed by atoms with Crippen molar-refractivity contribution in [2.75, 3.05) is 26.2 Å². The van der Waals surface area contributed by atoms with Gasteiger partial charge in [0, 0.05) is 18.2 Å². The molecular formula is C16H26N2O. The summed E-state index contributed by atoms with van der Waals surface area (Å²) < 4.78 is 5.94. The van der Waals surface area contributed by atoms with Crippen LogP contribution in [0, 0.1) is 0 Å². The lowest BCUT2D eigenvalue weighted by molar-refractivity contribution is 0.182. The molecule has 1 aromatic rings. The summed E-state index contributed by atoms with van der Waals surface area (Å²) >= 11 is 0. The summed E-state index contributed by atoms with van der Waals surface area (Å²) in [5.41, 5.74) is 7.25. The number of rotatable bonds is 6. The van der Waals surface area contributed by atoms with Crippen LogP contribution in [-0.2, 0) is 0 Å². The minimum absolute atomic E-state index is 0.0752. The van der Waals surface area contributed by atoms with Gasteiger partial charge in [0.15, 0.2) is 0 Å². The Morgan fingerprint density at radius 1 is 1.21 bits per heavy atom. The molecule has 2 rings (SSSR count). The van der Waals surface area contributed by atoms with Crippen molar-refractivity contribution in [3.63, 3.8) is 0 Å². The Kier molecular flexibility index (Phi) is 5.67. The molecule has 19 heavy (non-hydrogen) atoms. The van der Waals surface area contributed by atoms with E-state index in [4.69, 9.17) is 10.5 Å². The monoisotopic (exact) mass is 262 g/mol. The van der Waals surface area contributed by atoms with Gasteiger partial charge in [-0.05, 0) is 38.4 Å². The smallest absolute Gasteiger partial charge is 0.124 e. The summed E-state index contributed by atoms with van der Waals surface area (Å²) in [7, 11) is 0. The van der Waals surface area contributed by atoms with E-state index in [1.165, 1.54) is 32.4 Å². The molecule has 0 bridgehead atoms. The Morgan fingerprint density at radius 3 is 2.68 bits per heavy atom. The molecule has 1 heterocycles. The van der Waals surface area contributed by atoms with Gasteiger partial charge in [-0.2, -0.15) is 0 Å². The molecule has 1 atom stereocenters. The van der Waals surface area contributed by atoms with Crippen LogP contribution in [0.4, 0.5) is 0 Å². The molecule has 0 aliphatic carbocycles. The van der Waals surface area contributed by atoms with Crippen LogP contribution in [0.25, 0.3) is 0 Å². The topological polar surface area (TPSA) is 38.5 Å². The van der Waals surface area contributed by atoms with Crippen LogP contribution >= 0.6 is 0 Å². The summed E-state index contributed by atoms with van der Waals surface area (Å²) in [5.74, 6) is 0.953. The fourth-order valence-corrected chi connectivity index (χ4v) is 2.61. The van der Waals surface area contributed by atoms with Gasteiger partial charge < -0.3 is 10.5 Å². The van der Waals surface area contributed by atoms with E-state index < -0.39 is 0 Å². The molecule has 1 saturated heterocycles. The number of likely N-dealkylation sites (tertiary alicyclic amines) is 1. The highest BCUT2D eigenvalue weighted by Gasteiger charge is 2.12. The van der Waals surface area contributed by atoms with Gasteiger partial charge in [-0.1, -0.05) is 31.5 Å². The molecule has 0 spiro atoms. The van der Waals surface area contributed by atoms with Crippen LogP contribution in [0.1, 0.15) is 44.2 Å². The number of para-hydroxylation sites is 1. The van der Waals surface area contributed by atoms with E-state index in [9.17, 15) is 0 Å². The van der Waals surface area contributed by atoms with Crippen molar-refractivity contribution < 1.29 is 4.74 Å². The van der Waals surface area contributed by atoms with E-state index in [1.807, 2.05) is 18.2 Å². The van der Waals surface area contributed by atoms with Crippen molar-refractivity contribution in [2.45, 2.75) is 38.6 Å². The van der Waals surface area contributed by atoms with Gasteiger partial charge >= 0.3 is 0 Å². The van der Waals surface area contributed by atoms with E-state index in [2.05, 4.69) is 17.9 Å². The Hall–Kier alpha value is -1.06. The molecule has 1 aliphatic rings. The van der Waals surface area contributed by atoms with E-state index in [0.29, 0.717) is 0 Å². The molecule has 0 radical (unpaired) electrons. The minimum Gasteiger partial charge on any atom is -0.492 e. The first kappa shape index (κ1) is 14.4. The zero-order valence-electron chi connectivity index (χ0n) is 12.0. The molecular weight excluding hydrogens is 236 g/mol. The van der Waals surface area contributed by atoms with Gasteiger partial charge in [0.05, 0.1) is 0 Å². The molecule has 3 nitrogen and oxygen atoms in total. The first-order chi connectivity index (χ1) is 9.31. The van der Waals surface area contributed by atoms with E-state index >= 15 is 0 Å². The van der Waals surface area contributed by atoms with Crippen LogP contribution < -0.4 is 10.5 Å². The average Bonchev–Trinajstić information content (AvgIpc) is 2.48. The SMILES string of the molecule is CCC(N)c1ccccc1OCCN1CCCCC1. The van der Waals surface area contributed by atoms with Gasteiger partial charge in [-0.25, -0.2) is 0 Å². The summed E-state index contributed by atoms with van der Waals surface area (Å²) in [6, 6.07) is 8.22. The van der Waals surface area contributed by atoms with E-state index in [1.54, 1.807) is 0 Å². The molecule has 106 valence electrons. The molecule has 0 saturated carbocycles. The first-order valence-electron chi connectivity index (χ1n) is 7.51. The summed E-state index contributed by atoms with van der Waals surface area (Å²) in [6.45, 7) is 6.33. The largest absolute Gasteiger partial charge is 0.492 e. The second-order valence-electron chi connectivity index (χ2n) is 5.30. The van der Waals surface area contributed by atoms with Crippen LogP contribution in [-0.4, -0.2) is 31.1 Å². The van der Waals surface area contributed by atoms with Crippen molar-refractivity contribution >= 4 is 0 Å². The quantitative estimate of drug-likeness (QED) is 0.856. The second-order valence-corrected chi connectivity index (χ2v) is 5.30. The second kappa shape index (κ2) is 7.51. The average molecular weight is 262 g/mol. The van der Waals surface area contributed by atoms with Crippen LogP contribution in [0.5, 0.6) is 5.75 Å². The third kappa shape index (κ3) is 4.22. The molecule has 1 aromatic carbocycles. The Labute approximate surface area is 116 Å². The fraction of sp³-hybridized carbons (Fsp3) is 0.625. The van der Waals surface area contributed by atoms with Crippen molar-refractivity contribution in [3.8, 4) is 5.75 Å². The predicted molar refractivity (Wildman–Crippen MR) is 79.4 cm³/mol. The molecule has 2 N–H and O–H groups in total. The Morgan fingerprint density at radius 2 is 1.95 bits per heavy atom. The van der Waals surface area contributed by atoms with Crippen molar-refractivity contribution in [3.05, 3.63) is 29.8 Å². The van der Waals surface area contributed by atoms with E-state index in [0.717, 1.165) is 30.9 Å². The Balaban J connectivity index is 1.84. The predicted octanol–water partition coefficient (Wildman–Crippen LogP) is 2.96. The number of hydrogen-bond acceptors (Lipinski definition) is 3. The molecule has 1 aliphatic heterocycles. The number of nitrogens with two attached hydrogens (primary N) is 1. The first-order valence-corrected chi connectivity index (χ1v) is 7.51. The lowest BCUT2D eigenvalue weighted by Gasteiger charge is -2.26. The van der Waals surface area contributed by atoms with Gasteiger partial charge in [0.25, 0.3) is 0 Å². The minimum atomic E-state index is 0.0752. The Bertz CT molecular complexity index is 375. The zero-order valence-corrected chi connectivity index (χ0v) is 12.0. The number of ether oxygens (including phenoxy) is 1. The fourth-order valence-electron chi connectivity index (χ4n) is 2.61. The highest BCUT2D eigenvalue weighted by molar-refractivity contribution is 5.35. The van der Waals surface area contributed by atoms with Crippen molar-refractivity contribution in [1.29, 1.82) is 0 Å². The zero-order chi connectivity index (χ0) is 13.5. The molecule has 1 unspecified atom stereocenters. The third-order valence-electron chi connectivity index (χ3n) is 3.87. The van der Waals surface area contributed by atoms with Crippen molar-refractivity contribution in [1.82, 2.24) is 4.90 Å². The lowest BCUT2D eigenvalue weighted by Crippen LogP contribution is -2.33. The third-order valence-corrected chi connectivity index (χ3v) is 3.87. The van der Waals surface area contributed by atoms with Gasteiger partial charge in [0.2, 0.25) is 0 Å². The summed E-state index contributed by atoms with van der Waals surface area (Å²) in [6.07, 6.45) is 4.98. The number of benzene rings is 1. The van der Waals surface area contributed by atoms with Crippen molar-refractivity contribution in [2.24, 2.45) is 5.73 Å². The molecule has 0 aromatic heterocycles. The van der Waals surface area contributed by atoms with Gasteiger partial charge in [-0.15, -0.1) is 0 Å². The number of piperidine rings is 1. The lowest BCUT2D eigenvalue weighted by atomic mass is 10.0. The maximum atomic E-state index is 6.12. The standard InChI is InChI=1S/C16H26N2O/c1-2-15(17)14-8-4-5-9-16(14)19-13-12-18-10-6-3-7-11-18/h4-5,8-9,15H,2-3,6-7,10-13,17H2,1H3. The summed E-state index contributed by atoms with van der Waals surface area (Å²) in [4.78, 5) is 2.49. The van der Waals surface area contributed by atoms with E-state index in [-0.39, 0.29) is 6.04 Å². The van der Waals surface area contributed by atoms with Crippen LogP contribution in [0.3, 0.4) is 0 Å². The van der Waals surface area contributed by atoms with Crippen LogP contribution in [0.2, 0.25) is 0 Å². The number of hydrogen-bond donors (Lipinski definition) is 1. The van der Waals surface area contributed by atoms with Gasteiger partial charge in [0.1, 0.15) is 12.4 Å². The molecule has 1 fully saturated rings. The van der Waals surface area contributed by atoms with Crippen LogP contribution in [0.15, 0.2) is 24.3 Å². The molecule has 0 amide bonds. The summed E-state index contributed by atoms with van der Waals surface area (Å²) in [5, 5.41) is 0. The number of nitrogens with zero attached hydrogens (tertiary/aromatic N) is 1. The van der Waals surface area contributed by atoms with Gasteiger partial charge in [-0.3, -0.25) is 4.90 Å². The highest BCUT2D eigenvalue weighted by atomic mass is 16.5. The maximum Gasteiger partial charge on any atom is 0.124 e. The normalized spacial score (nSPS) is 18.2. The molecule has 3 heteroatoms. The maximum absolute atomic E-state index is 6.12.